The molecule has 0 aliphatic carbocycles. The van der Waals surface area contributed by atoms with Crippen LogP contribution < -0.4 is 4.74 Å². The number of hydrogen-bond donors (Lipinski definition) is 0. The van der Waals surface area contributed by atoms with Crippen molar-refractivity contribution in [2.24, 2.45) is 0 Å². The fourth-order valence-electron chi connectivity index (χ4n) is 2.91. The molecule has 0 radical (unpaired) electrons. The SMILES string of the molecule is COc1ccc([N+](=O)[O-])cc1CN1CCN(C(=O)c2ccco2)CC1. The van der Waals surface area contributed by atoms with Gasteiger partial charge in [-0.3, -0.25) is 19.8 Å². The van der Waals surface area contributed by atoms with Crippen LogP contribution in [-0.4, -0.2) is 53.9 Å². The third kappa shape index (κ3) is 3.80. The van der Waals surface area contributed by atoms with Crippen LogP contribution in [0.5, 0.6) is 5.75 Å². The zero-order valence-corrected chi connectivity index (χ0v) is 13.9. The fraction of sp³-hybridized carbons (Fsp3) is 0.353. The predicted octanol–water partition coefficient (Wildman–Crippen LogP) is 2.15. The van der Waals surface area contributed by atoms with Crippen molar-refractivity contribution in [1.29, 1.82) is 0 Å². The van der Waals surface area contributed by atoms with Crippen molar-refractivity contribution in [3.05, 3.63) is 58.0 Å². The average molecular weight is 345 g/mol. The summed E-state index contributed by atoms with van der Waals surface area (Å²) < 4.78 is 10.5. The normalized spacial score (nSPS) is 15.2. The summed E-state index contributed by atoms with van der Waals surface area (Å²) in [4.78, 5) is 26.7. The van der Waals surface area contributed by atoms with Gasteiger partial charge in [0.15, 0.2) is 5.76 Å². The fourth-order valence-corrected chi connectivity index (χ4v) is 2.91. The van der Waals surface area contributed by atoms with Crippen LogP contribution in [0.1, 0.15) is 16.1 Å². The van der Waals surface area contributed by atoms with Gasteiger partial charge in [-0.25, -0.2) is 0 Å². The van der Waals surface area contributed by atoms with E-state index < -0.39 is 4.92 Å². The van der Waals surface area contributed by atoms with Gasteiger partial charge in [0, 0.05) is 50.4 Å². The van der Waals surface area contributed by atoms with Crippen LogP contribution in [0.3, 0.4) is 0 Å². The van der Waals surface area contributed by atoms with Crippen LogP contribution in [0.4, 0.5) is 5.69 Å². The minimum absolute atomic E-state index is 0.0439. The van der Waals surface area contributed by atoms with E-state index in [1.807, 2.05) is 0 Å². The van der Waals surface area contributed by atoms with E-state index in [1.165, 1.54) is 12.3 Å². The maximum Gasteiger partial charge on any atom is 0.289 e. The molecule has 0 unspecified atom stereocenters. The number of nitro benzene ring substituents is 1. The summed E-state index contributed by atoms with van der Waals surface area (Å²) in [6.07, 6.45) is 1.48. The second-order valence-corrected chi connectivity index (χ2v) is 5.80. The summed E-state index contributed by atoms with van der Waals surface area (Å²) in [6.45, 7) is 3.05. The van der Waals surface area contributed by atoms with E-state index in [-0.39, 0.29) is 11.6 Å². The molecule has 1 fully saturated rings. The molecule has 8 nitrogen and oxygen atoms in total. The van der Waals surface area contributed by atoms with Crippen molar-refractivity contribution in [1.82, 2.24) is 9.80 Å². The van der Waals surface area contributed by atoms with Crippen molar-refractivity contribution in [3.63, 3.8) is 0 Å². The van der Waals surface area contributed by atoms with E-state index in [0.29, 0.717) is 44.2 Å². The lowest BCUT2D eigenvalue weighted by molar-refractivity contribution is -0.385. The molecule has 132 valence electrons. The van der Waals surface area contributed by atoms with E-state index in [1.54, 1.807) is 36.3 Å². The number of methoxy groups -OCH3 is 1. The molecule has 1 aliphatic rings. The van der Waals surface area contributed by atoms with E-state index in [4.69, 9.17) is 9.15 Å². The van der Waals surface area contributed by atoms with Gasteiger partial charge in [0.05, 0.1) is 18.3 Å². The number of carbonyl (C=O) groups excluding carboxylic acids is 1. The molecule has 1 aromatic carbocycles. The summed E-state index contributed by atoms with van der Waals surface area (Å²) in [6, 6.07) is 7.94. The van der Waals surface area contributed by atoms with Gasteiger partial charge in [-0.15, -0.1) is 0 Å². The van der Waals surface area contributed by atoms with Gasteiger partial charge >= 0.3 is 0 Å². The van der Waals surface area contributed by atoms with Crippen LogP contribution >= 0.6 is 0 Å². The molecule has 0 saturated carbocycles. The van der Waals surface area contributed by atoms with Crippen molar-refractivity contribution >= 4 is 11.6 Å². The first kappa shape index (κ1) is 17.0. The molecule has 0 atom stereocenters. The number of carbonyl (C=O) groups is 1. The molecular formula is C17H19N3O5. The van der Waals surface area contributed by atoms with Crippen LogP contribution in [0.15, 0.2) is 41.0 Å². The minimum atomic E-state index is -0.414. The van der Waals surface area contributed by atoms with E-state index in [0.717, 1.165) is 5.56 Å². The Kier molecular flexibility index (Phi) is 4.99. The number of rotatable bonds is 5. The number of piperazine rings is 1. The number of amides is 1. The zero-order valence-electron chi connectivity index (χ0n) is 13.9. The molecule has 2 heterocycles. The van der Waals surface area contributed by atoms with Gasteiger partial charge in [-0.05, 0) is 18.2 Å². The zero-order chi connectivity index (χ0) is 17.8. The first-order chi connectivity index (χ1) is 12.1. The van der Waals surface area contributed by atoms with Gasteiger partial charge in [0.2, 0.25) is 0 Å². The smallest absolute Gasteiger partial charge is 0.289 e. The molecule has 8 heteroatoms. The molecular weight excluding hydrogens is 326 g/mol. The van der Waals surface area contributed by atoms with Crippen molar-refractivity contribution in [3.8, 4) is 5.75 Å². The average Bonchev–Trinajstić information content (AvgIpc) is 3.16. The number of non-ortho nitro benzene ring substituents is 1. The number of nitrogens with zero attached hydrogens (tertiary/aromatic N) is 3. The van der Waals surface area contributed by atoms with Gasteiger partial charge in [-0.1, -0.05) is 0 Å². The number of ether oxygens (including phenoxy) is 1. The lowest BCUT2D eigenvalue weighted by Crippen LogP contribution is -2.48. The highest BCUT2D eigenvalue weighted by molar-refractivity contribution is 5.91. The van der Waals surface area contributed by atoms with Gasteiger partial charge in [0.1, 0.15) is 5.75 Å². The Labute approximate surface area is 144 Å². The van der Waals surface area contributed by atoms with E-state index in [9.17, 15) is 14.9 Å². The topological polar surface area (TPSA) is 89.1 Å². The molecule has 1 saturated heterocycles. The molecule has 0 spiro atoms. The summed E-state index contributed by atoms with van der Waals surface area (Å²) in [5.74, 6) is 0.853. The molecule has 1 amide bonds. The Morgan fingerprint density at radius 1 is 1.28 bits per heavy atom. The molecule has 2 aromatic rings. The first-order valence-corrected chi connectivity index (χ1v) is 7.95. The molecule has 1 aromatic heterocycles. The molecule has 3 rings (SSSR count). The maximum atomic E-state index is 12.3. The van der Waals surface area contributed by atoms with Crippen LogP contribution in [0.25, 0.3) is 0 Å². The van der Waals surface area contributed by atoms with Crippen LogP contribution in [0, 0.1) is 10.1 Å². The number of furan rings is 1. The highest BCUT2D eigenvalue weighted by Gasteiger charge is 2.24. The predicted molar refractivity (Wildman–Crippen MR) is 89.5 cm³/mol. The lowest BCUT2D eigenvalue weighted by atomic mass is 10.1. The van der Waals surface area contributed by atoms with Gasteiger partial charge < -0.3 is 14.1 Å². The maximum absolute atomic E-state index is 12.3. The monoisotopic (exact) mass is 345 g/mol. The van der Waals surface area contributed by atoms with Crippen molar-refractivity contribution in [2.45, 2.75) is 6.54 Å². The van der Waals surface area contributed by atoms with Crippen molar-refractivity contribution < 1.29 is 18.9 Å². The Bertz CT molecular complexity index is 752. The Morgan fingerprint density at radius 2 is 2.04 bits per heavy atom. The van der Waals surface area contributed by atoms with Crippen LogP contribution in [0.2, 0.25) is 0 Å². The Morgan fingerprint density at radius 3 is 2.64 bits per heavy atom. The molecule has 0 N–H and O–H groups in total. The van der Waals surface area contributed by atoms with Gasteiger partial charge in [0.25, 0.3) is 11.6 Å². The Balaban J connectivity index is 1.63. The quantitative estimate of drug-likeness (QED) is 0.609. The van der Waals surface area contributed by atoms with E-state index in [2.05, 4.69) is 4.90 Å². The highest BCUT2D eigenvalue weighted by atomic mass is 16.6. The standard InChI is InChI=1S/C17H19N3O5/c1-24-15-5-4-14(20(22)23)11-13(15)12-18-6-8-19(9-7-18)17(21)16-3-2-10-25-16/h2-5,10-11H,6-9,12H2,1H3. The molecule has 25 heavy (non-hydrogen) atoms. The third-order valence-corrected chi connectivity index (χ3v) is 4.26. The number of hydrogen-bond acceptors (Lipinski definition) is 6. The minimum Gasteiger partial charge on any atom is -0.496 e. The summed E-state index contributed by atoms with van der Waals surface area (Å²) in [7, 11) is 1.55. The number of benzene rings is 1. The first-order valence-electron chi connectivity index (χ1n) is 7.95. The third-order valence-electron chi connectivity index (χ3n) is 4.26. The Hall–Kier alpha value is -2.87. The number of nitro groups is 1. The van der Waals surface area contributed by atoms with Crippen LogP contribution in [-0.2, 0) is 6.54 Å². The second kappa shape index (κ2) is 7.35. The molecule has 0 bridgehead atoms. The second-order valence-electron chi connectivity index (χ2n) is 5.80. The largest absolute Gasteiger partial charge is 0.496 e. The van der Waals surface area contributed by atoms with Crippen molar-refractivity contribution in [2.75, 3.05) is 33.3 Å². The summed E-state index contributed by atoms with van der Waals surface area (Å²) in [5.41, 5.74) is 0.810. The lowest BCUT2D eigenvalue weighted by Gasteiger charge is -2.34. The molecule has 1 aliphatic heterocycles. The van der Waals surface area contributed by atoms with Gasteiger partial charge in [-0.2, -0.15) is 0 Å². The summed E-state index contributed by atoms with van der Waals surface area (Å²) in [5, 5.41) is 11.0. The van der Waals surface area contributed by atoms with E-state index >= 15 is 0 Å². The summed E-state index contributed by atoms with van der Waals surface area (Å²) >= 11 is 0. The highest BCUT2D eigenvalue weighted by Crippen LogP contribution is 2.25.